The monoisotopic (exact) mass is 248 g/mol. The highest BCUT2D eigenvalue weighted by Gasteiger charge is 2.19. The fraction of sp³-hybridized carbons (Fsp3) is 0.231. The third kappa shape index (κ3) is 1.95. The van der Waals surface area contributed by atoms with Crippen LogP contribution in [0.1, 0.15) is 29.5 Å². The Kier molecular flexibility index (Phi) is 3.06. The number of benzene rings is 1. The van der Waals surface area contributed by atoms with Gasteiger partial charge in [0.2, 0.25) is 0 Å². The van der Waals surface area contributed by atoms with Crippen LogP contribution in [-0.4, -0.2) is 16.2 Å². The summed E-state index contributed by atoms with van der Waals surface area (Å²) in [7, 11) is 0. The van der Waals surface area contributed by atoms with Crippen molar-refractivity contribution in [1.29, 1.82) is 0 Å². The molecule has 0 unspecified atom stereocenters. The maximum absolute atomic E-state index is 11.7. The van der Waals surface area contributed by atoms with E-state index >= 15 is 0 Å². The van der Waals surface area contributed by atoms with Crippen LogP contribution in [0, 0.1) is 0 Å². The topological polar surface area (TPSA) is 87.7 Å². The average molecular weight is 248 g/mol. The molecule has 0 radical (unpaired) electrons. The zero-order chi connectivity index (χ0) is 13.3. The number of aromatic carboxylic acids is 1. The number of rotatable bonds is 3. The lowest BCUT2D eigenvalue weighted by Gasteiger charge is -2.07. The van der Waals surface area contributed by atoms with Gasteiger partial charge in [-0.15, -0.1) is 0 Å². The number of carboxylic acids is 1. The standard InChI is InChI=1S/C13H12O5/c1-2-3-10-11(12(15)16)8-5-4-7(14)6-9(8)13(17)18-10/h4-6,14H,2-3H2,1H3,(H,15,16). The Bertz CT molecular complexity index is 669. The molecule has 0 aliphatic carbocycles. The number of phenolic OH excluding ortho intramolecular Hbond substituents is 1. The first-order valence-electron chi connectivity index (χ1n) is 5.56. The van der Waals surface area contributed by atoms with Gasteiger partial charge in [0.15, 0.2) is 0 Å². The Labute approximate surface area is 102 Å². The molecular formula is C13H12O5. The molecule has 0 atom stereocenters. The highest BCUT2D eigenvalue weighted by atomic mass is 16.4. The molecule has 2 aromatic rings. The van der Waals surface area contributed by atoms with Gasteiger partial charge in [0.25, 0.3) is 0 Å². The molecule has 1 aromatic heterocycles. The molecule has 5 nitrogen and oxygen atoms in total. The van der Waals surface area contributed by atoms with Crippen molar-refractivity contribution >= 4 is 16.7 Å². The molecule has 0 fully saturated rings. The molecular weight excluding hydrogens is 236 g/mol. The lowest BCUT2D eigenvalue weighted by atomic mass is 10.0. The molecule has 0 bridgehead atoms. The Morgan fingerprint density at radius 3 is 2.67 bits per heavy atom. The van der Waals surface area contributed by atoms with Crippen molar-refractivity contribution in [2.24, 2.45) is 0 Å². The van der Waals surface area contributed by atoms with E-state index in [0.717, 1.165) is 0 Å². The first-order valence-corrected chi connectivity index (χ1v) is 5.56. The number of fused-ring (bicyclic) bond motifs is 1. The minimum absolute atomic E-state index is 0.00792. The van der Waals surface area contributed by atoms with Crippen molar-refractivity contribution in [1.82, 2.24) is 0 Å². The van der Waals surface area contributed by atoms with E-state index in [0.29, 0.717) is 18.2 Å². The van der Waals surface area contributed by atoms with Crippen molar-refractivity contribution < 1.29 is 19.4 Å². The number of hydrogen-bond donors (Lipinski definition) is 2. The van der Waals surface area contributed by atoms with Crippen molar-refractivity contribution in [2.75, 3.05) is 0 Å². The lowest BCUT2D eigenvalue weighted by Crippen LogP contribution is -2.11. The highest BCUT2D eigenvalue weighted by molar-refractivity contribution is 6.04. The van der Waals surface area contributed by atoms with Crippen molar-refractivity contribution in [2.45, 2.75) is 19.8 Å². The van der Waals surface area contributed by atoms with Gasteiger partial charge in [0.1, 0.15) is 17.1 Å². The van der Waals surface area contributed by atoms with Gasteiger partial charge in [-0.2, -0.15) is 0 Å². The Morgan fingerprint density at radius 2 is 2.06 bits per heavy atom. The predicted octanol–water partition coefficient (Wildman–Crippen LogP) is 2.15. The van der Waals surface area contributed by atoms with E-state index in [1.54, 1.807) is 0 Å². The predicted molar refractivity (Wildman–Crippen MR) is 65.1 cm³/mol. The van der Waals surface area contributed by atoms with Crippen LogP contribution in [0.3, 0.4) is 0 Å². The van der Waals surface area contributed by atoms with Crippen molar-refractivity contribution in [3.05, 3.63) is 39.9 Å². The van der Waals surface area contributed by atoms with E-state index in [9.17, 15) is 19.8 Å². The first kappa shape index (κ1) is 12.2. The number of carboxylic acid groups (broad SMARTS) is 1. The smallest absolute Gasteiger partial charge is 0.344 e. The highest BCUT2D eigenvalue weighted by Crippen LogP contribution is 2.24. The first-order chi connectivity index (χ1) is 8.54. The van der Waals surface area contributed by atoms with E-state index in [1.165, 1.54) is 18.2 Å². The van der Waals surface area contributed by atoms with Gasteiger partial charge in [-0.3, -0.25) is 0 Å². The minimum atomic E-state index is -1.14. The second kappa shape index (κ2) is 4.52. The lowest BCUT2D eigenvalue weighted by molar-refractivity contribution is 0.0694. The van der Waals surface area contributed by atoms with E-state index < -0.39 is 11.6 Å². The van der Waals surface area contributed by atoms with Crippen LogP contribution < -0.4 is 5.63 Å². The molecule has 0 aliphatic heterocycles. The van der Waals surface area contributed by atoms with E-state index in [4.69, 9.17) is 4.42 Å². The summed E-state index contributed by atoms with van der Waals surface area (Å²) in [5, 5.41) is 18.9. The molecule has 94 valence electrons. The fourth-order valence-corrected chi connectivity index (χ4v) is 1.92. The zero-order valence-electron chi connectivity index (χ0n) is 9.77. The maximum Gasteiger partial charge on any atom is 0.344 e. The van der Waals surface area contributed by atoms with Crippen LogP contribution in [0.4, 0.5) is 0 Å². The number of aromatic hydroxyl groups is 1. The van der Waals surface area contributed by atoms with Crippen molar-refractivity contribution in [3.63, 3.8) is 0 Å². The number of carbonyl (C=O) groups is 1. The molecule has 0 spiro atoms. The molecule has 18 heavy (non-hydrogen) atoms. The third-order valence-corrected chi connectivity index (χ3v) is 2.68. The van der Waals surface area contributed by atoms with Crippen LogP contribution >= 0.6 is 0 Å². The quantitative estimate of drug-likeness (QED) is 0.868. The van der Waals surface area contributed by atoms with Crippen LogP contribution in [0.5, 0.6) is 5.75 Å². The maximum atomic E-state index is 11.7. The summed E-state index contributed by atoms with van der Waals surface area (Å²) in [6.07, 6.45) is 1.06. The van der Waals surface area contributed by atoms with Crippen LogP contribution in [-0.2, 0) is 6.42 Å². The van der Waals surface area contributed by atoms with Gasteiger partial charge in [-0.1, -0.05) is 6.92 Å². The summed E-state index contributed by atoms with van der Waals surface area (Å²) in [6.45, 7) is 1.87. The van der Waals surface area contributed by atoms with E-state index in [2.05, 4.69) is 0 Å². The normalized spacial score (nSPS) is 10.7. The molecule has 0 saturated carbocycles. The zero-order valence-corrected chi connectivity index (χ0v) is 9.77. The van der Waals surface area contributed by atoms with E-state index in [-0.39, 0.29) is 22.5 Å². The molecule has 2 rings (SSSR count). The Hall–Kier alpha value is -2.30. The summed E-state index contributed by atoms with van der Waals surface area (Å²) >= 11 is 0. The minimum Gasteiger partial charge on any atom is -0.508 e. The Balaban J connectivity index is 2.89. The largest absolute Gasteiger partial charge is 0.508 e. The molecule has 1 aromatic carbocycles. The summed E-state index contributed by atoms with van der Waals surface area (Å²) in [5.74, 6) is -1.07. The summed E-state index contributed by atoms with van der Waals surface area (Å²) in [6, 6.07) is 3.98. The van der Waals surface area contributed by atoms with Crippen LogP contribution in [0.2, 0.25) is 0 Å². The molecule has 2 N–H and O–H groups in total. The van der Waals surface area contributed by atoms with Gasteiger partial charge >= 0.3 is 11.6 Å². The number of phenols is 1. The SMILES string of the molecule is CCCc1oc(=O)c2cc(O)ccc2c1C(=O)O. The van der Waals surface area contributed by atoms with Crippen LogP contribution in [0.25, 0.3) is 10.8 Å². The molecule has 0 saturated heterocycles. The second-order valence-corrected chi connectivity index (χ2v) is 3.97. The van der Waals surface area contributed by atoms with Crippen molar-refractivity contribution in [3.8, 4) is 5.75 Å². The molecule has 5 heteroatoms. The molecule has 0 amide bonds. The number of hydrogen-bond acceptors (Lipinski definition) is 4. The fourth-order valence-electron chi connectivity index (χ4n) is 1.92. The van der Waals surface area contributed by atoms with Gasteiger partial charge in [-0.05, 0) is 24.6 Å². The summed E-state index contributed by atoms with van der Waals surface area (Å²) < 4.78 is 5.03. The van der Waals surface area contributed by atoms with Gasteiger partial charge in [-0.25, -0.2) is 9.59 Å². The summed E-state index contributed by atoms with van der Waals surface area (Å²) in [4.78, 5) is 23.0. The Morgan fingerprint density at radius 1 is 1.33 bits per heavy atom. The number of aryl methyl sites for hydroxylation is 1. The average Bonchev–Trinajstić information content (AvgIpc) is 2.30. The van der Waals surface area contributed by atoms with Gasteiger partial charge in [0.05, 0.1) is 5.39 Å². The van der Waals surface area contributed by atoms with Crippen LogP contribution in [0.15, 0.2) is 27.4 Å². The molecule has 0 aliphatic rings. The molecule has 1 heterocycles. The third-order valence-electron chi connectivity index (χ3n) is 2.68. The van der Waals surface area contributed by atoms with Gasteiger partial charge < -0.3 is 14.6 Å². The van der Waals surface area contributed by atoms with E-state index in [1.807, 2.05) is 6.92 Å². The second-order valence-electron chi connectivity index (χ2n) is 3.97. The van der Waals surface area contributed by atoms with Gasteiger partial charge in [0, 0.05) is 11.8 Å². The summed E-state index contributed by atoms with van der Waals surface area (Å²) in [5.41, 5.74) is -0.638.